The van der Waals surface area contributed by atoms with Crippen LogP contribution in [-0.4, -0.2) is 59.1 Å². The van der Waals surface area contributed by atoms with Gasteiger partial charge in [0, 0.05) is 32.2 Å². The van der Waals surface area contributed by atoms with Gasteiger partial charge in [-0.2, -0.15) is 0 Å². The molecule has 22 heavy (non-hydrogen) atoms. The first kappa shape index (κ1) is 15.5. The average molecular weight is 302 g/mol. The summed E-state index contributed by atoms with van der Waals surface area (Å²) in [6.07, 6.45) is 3.47. The second-order valence-corrected chi connectivity index (χ2v) is 6.64. The van der Waals surface area contributed by atoms with Gasteiger partial charge in [0.1, 0.15) is 0 Å². The minimum Gasteiger partial charge on any atom is -0.391 e. The largest absolute Gasteiger partial charge is 0.391 e. The lowest BCUT2D eigenvalue weighted by Crippen LogP contribution is -2.53. The second kappa shape index (κ2) is 6.80. The zero-order chi connectivity index (χ0) is 15.5. The topological polar surface area (TPSA) is 43.8 Å². The maximum atomic E-state index is 12.4. The highest BCUT2D eigenvalue weighted by molar-refractivity contribution is 5.78. The third-order valence-electron chi connectivity index (χ3n) is 5.06. The van der Waals surface area contributed by atoms with E-state index in [1.807, 2.05) is 17.0 Å². The molecule has 1 saturated heterocycles. The molecule has 1 amide bonds. The van der Waals surface area contributed by atoms with E-state index in [4.69, 9.17) is 0 Å². The third kappa shape index (κ3) is 3.50. The Kier molecular flexibility index (Phi) is 4.79. The van der Waals surface area contributed by atoms with Crippen molar-refractivity contribution in [1.82, 2.24) is 9.80 Å². The van der Waals surface area contributed by atoms with Crippen LogP contribution in [0.4, 0.5) is 0 Å². The summed E-state index contributed by atoms with van der Waals surface area (Å²) in [7, 11) is 0. The van der Waals surface area contributed by atoms with E-state index in [-0.39, 0.29) is 12.0 Å². The molecule has 4 heteroatoms. The molecule has 1 aliphatic heterocycles. The van der Waals surface area contributed by atoms with Gasteiger partial charge in [0.05, 0.1) is 12.5 Å². The quantitative estimate of drug-likeness (QED) is 0.922. The molecular formula is C18H26N2O2. The number of benzene rings is 1. The summed E-state index contributed by atoms with van der Waals surface area (Å²) in [5.74, 6) is 0.218. The number of nitrogens with zero attached hydrogens (tertiary/aromatic N) is 2. The number of carbonyl (C=O) groups excluding carboxylic acids is 1. The Hall–Kier alpha value is -1.39. The van der Waals surface area contributed by atoms with Gasteiger partial charge in [-0.25, -0.2) is 0 Å². The molecule has 0 aromatic heterocycles. The first-order valence-electron chi connectivity index (χ1n) is 8.39. The van der Waals surface area contributed by atoms with Crippen molar-refractivity contribution in [3.63, 3.8) is 0 Å². The molecule has 120 valence electrons. The molecular weight excluding hydrogens is 276 g/mol. The Balaban J connectivity index is 1.50. The van der Waals surface area contributed by atoms with Gasteiger partial charge < -0.3 is 10.0 Å². The number of hydrogen-bond acceptors (Lipinski definition) is 3. The second-order valence-electron chi connectivity index (χ2n) is 6.64. The number of amides is 1. The first-order chi connectivity index (χ1) is 10.6. The Morgan fingerprint density at radius 2 is 1.82 bits per heavy atom. The van der Waals surface area contributed by atoms with Crippen LogP contribution in [0.3, 0.4) is 0 Å². The molecule has 1 aromatic rings. The van der Waals surface area contributed by atoms with Gasteiger partial charge >= 0.3 is 0 Å². The van der Waals surface area contributed by atoms with E-state index in [1.165, 1.54) is 5.56 Å². The molecule has 2 unspecified atom stereocenters. The number of rotatable bonds is 3. The highest BCUT2D eigenvalue weighted by atomic mass is 16.3. The van der Waals surface area contributed by atoms with Crippen LogP contribution in [0.2, 0.25) is 0 Å². The number of piperazine rings is 1. The van der Waals surface area contributed by atoms with Crippen LogP contribution in [0.15, 0.2) is 24.3 Å². The molecule has 2 atom stereocenters. The number of aryl methyl sites for hydroxylation is 1. The minimum atomic E-state index is -0.171. The summed E-state index contributed by atoms with van der Waals surface area (Å²) in [6, 6.07) is 8.51. The van der Waals surface area contributed by atoms with Crippen LogP contribution < -0.4 is 0 Å². The molecule has 4 nitrogen and oxygen atoms in total. The van der Waals surface area contributed by atoms with Crippen LogP contribution in [-0.2, 0) is 11.2 Å². The maximum absolute atomic E-state index is 12.4. The van der Waals surface area contributed by atoms with Gasteiger partial charge in [-0.05, 0) is 31.7 Å². The number of hydrogen-bond donors (Lipinski definition) is 1. The predicted molar refractivity (Wildman–Crippen MR) is 86.7 cm³/mol. The van der Waals surface area contributed by atoms with Crippen molar-refractivity contribution >= 4 is 5.91 Å². The number of aliphatic hydroxyl groups excluding tert-OH is 1. The van der Waals surface area contributed by atoms with Crippen LogP contribution in [0.25, 0.3) is 0 Å². The highest BCUT2D eigenvalue weighted by Gasteiger charge is 2.33. The van der Waals surface area contributed by atoms with E-state index in [0.29, 0.717) is 12.5 Å². The lowest BCUT2D eigenvalue weighted by atomic mass is 10.1. The van der Waals surface area contributed by atoms with Crippen LogP contribution in [0.5, 0.6) is 0 Å². The van der Waals surface area contributed by atoms with Crippen molar-refractivity contribution < 1.29 is 9.90 Å². The summed E-state index contributed by atoms with van der Waals surface area (Å²) in [5, 5.41) is 10.0. The molecule has 1 N–H and O–H groups in total. The molecule has 1 aliphatic carbocycles. The van der Waals surface area contributed by atoms with Crippen LogP contribution in [0, 0.1) is 6.92 Å². The van der Waals surface area contributed by atoms with Crippen molar-refractivity contribution in [3.8, 4) is 0 Å². The zero-order valence-electron chi connectivity index (χ0n) is 13.4. The van der Waals surface area contributed by atoms with E-state index in [2.05, 4.69) is 24.0 Å². The zero-order valence-corrected chi connectivity index (χ0v) is 13.4. The van der Waals surface area contributed by atoms with Gasteiger partial charge in [0.15, 0.2) is 0 Å². The molecule has 3 rings (SSSR count). The first-order valence-corrected chi connectivity index (χ1v) is 8.39. The Bertz CT molecular complexity index is 506. The minimum absolute atomic E-state index is 0.171. The average Bonchev–Trinajstić information content (AvgIpc) is 2.96. The summed E-state index contributed by atoms with van der Waals surface area (Å²) in [5.41, 5.74) is 2.31. The predicted octanol–water partition coefficient (Wildman–Crippen LogP) is 1.60. The van der Waals surface area contributed by atoms with Gasteiger partial charge in [0.2, 0.25) is 5.91 Å². The number of carbonyl (C=O) groups is 1. The van der Waals surface area contributed by atoms with Crippen molar-refractivity contribution in [3.05, 3.63) is 35.4 Å². The fraction of sp³-hybridized carbons (Fsp3) is 0.611. The summed E-state index contributed by atoms with van der Waals surface area (Å²) in [4.78, 5) is 16.7. The molecule has 0 bridgehead atoms. The fourth-order valence-electron chi connectivity index (χ4n) is 3.64. The van der Waals surface area contributed by atoms with E-state index < -0.39 is 0 Å². The summed E-state index contributed by atoms with van der Waals surface area (Å²) in [6.45, 7) is 5.41. The standard InChI is InChI=1S/C18H26N2O2/c1-14-5-7-15(8-6-14)13-18(22)20-11-9-19(10-12-20)16-3-2-4-17(16)21/h5-8,16-17,21H,2-4,9-13H2,1H3. The monoisotopic (exact) mass is 302 g/mol. The molecule has 1 heterocycles. The van der Waals surface area contributed by atoms with Crippen molar-refractivity contribution in [2.45, 2.75) is 44.8 Å². The molecule has 0 radical (unpaired) electrons. The normalized spacial score (nSPS) is 26.4. The summed E-state index contributed by atoms with van der Waals surface area (Å²) >= 11 is 0. The van der Waals surface area contributed by atoms with E-state index in [1.54, 1.807) is 0 Å². The van der Waals surface area contributed by atoms with Crippen LogP contribution in [0.1, 0.15) is 30.4 Å². The van der Waals surface area contributed by atoms with E-state index in [0.717, 1.165) is 51.0 Å². The highest BCUT2D eigenvalue weighted by Crippen LogP contribution is 2.25. The number of aliphatic hydroxyl groups is 1. The summed E-state index contributed by atoms with van der Waals surface area (Å²) < 4.78 is 0. The fourth-order valence-corrected chi connectivity index (χ4v) is 3.64. The maximum Gasteiger partial charge on any atom is 0.227 e. The van der Waals surface area contributed by atoms with Gasteiger partial charge in [0.25, 0.3) is 0 Å². The lowest BCUT2D eigenvalue weighted by Gasteiger charge is -2.39. The molecule has 1 aromatic carbocycles. The van der Waals surface area contributed by atoms with E-state index >= 15 is 0 Å². The Morgan fingerprint density at radius 1 is 1.14 bits per heavy atom. The Labute approximate surface area is 132 Å². The smallest absolute Gasteiger partial charge is 0.227 e. The van der Waals surface area contributed by atoms with Crippen molar-refractivity contribution in [2.24, 2.45) is 0 Å². The van der Waals surface area contributed by atoms with Gasteiger partial charge in [-0.1, -0.05) is 29.8 Å². The molecule has 1 saturated carbocycles. The van der Waals surface area contributed by atoms with Gasteiger partial charge in [-0.3, -0.25) is 9.69 Å². The molecule has 2 aliphatic rings. The third-order valence-corrected chi connectivity index (χ3v) is 5.06. The van der Waals surface area contributed by atoms with Crippen molar-refractivity contribution in [1.29, 1.82) is 0 Å². The SMILES string of the molecule is Cc1ccc(CC(=O)N2CCN(C3CCCC3O)CC2)cc1. The van der Waals surface area contributed by atoms with Crippen LogP contribution >= 0.6 is 0 Å². The molecule has 2 fully saturated rings. The van der Waals surface area contributed by atoms with E-state index in [9.17, 15) is 9.90 Å². The van der Waals surface area contributed by atoms with Gasteiger partial charge in [-0.15, -0.1) is 0 Å². The lowest BCUT2D eigenvalue weighted by molar-refractivity contribution is -0.132. The van der Waals surface area contributed by atoms with Crippen molar-refractivity contribution in [2.75, 3.05) is 26.2 Å². The Morgan fingerprint density at radius 3 is 2.41 bits per heavy atom. The molecule has 0 spiro atoms.